The molecule has 2 aliphatic rings. The summed E-state index contributed by atoms with van der Waals surface area (Å²) in [4.78, 5) is 35.6. The van der Waals surface area contributed by atoms with E-state index in [0.29, 0.717) is 29.5 Å². The molecule has 0 spiro atoms. The standard InChI is InChI=1S/C26H29NO6/c1-15-11-21(27-24(30)14-25(31)32)18-7-4-8-19(18)26(15)33-17-9-10-22(28)20(13-17)23(29)12-16-5-2-3-6-16/h9-11,13,16,28H,2-8,12,14H2,1H3,(H,27,30)(H,31,32). The summed E-state index contributed by atoms with van der Waals surface area (Å²) in [6.45, 7) is 1.87. The molecule has 1 fully saturated rings. The van der Waals surface area contributed by atoms with Gasteiger partial charge in [-0.15, -0.1) is 0 Å². The molecule has 0 aliphatic heterocycles. The van der Waals surface area contributed by atoms with Crippen molar-refractivity contribution in [2.24, 2.45) is 5.92 Å². The van der Waals surface area contributed by atoms with E-state index in [1.165, 1.54) is 6.07 Å². The van der Waals surface area contributed by atoms with Crippen LogP contribution in [-0.2, 0) is 22.4 Å². The van der Waals surface area contributed by atoms with E-state index in [-0.39, 0.29) is 17.1 Å². The number of carbonyl (C=O) groups is 3. The number of hydrogen-bond acceptors (Lipinski definition) is 5. The minimum atomic E-state index is -1.17. The number of hydrogen-bond donors (Lipinski definition) is 3. The van der Waals surface area contributed by atoms with Gasteiger partial charge in [0.1, 0.15) is 23.7 Å². The molecule has 0 saturated heterocycles. The quantitative estimate of drug-likeness (QED) is 0.378. The highest BCUT2D eigenvalue weighted by atomic mass is 16.5. The van der Waals surface area contributed by atoms with Crippen molar-refractivity contribution in [3.63, 3.8) is 0 Å². The third-order valence-electron chi connectivity index (χ3n) is 6.56. The van der Waals surface area contributed by atoms with E-state index in [9.17, 15) is 19.5 Å². The first kappa shape index (κ1) is 22.8. The van der Waals surface area contributed by atoms with E-state index in [1.54, 1.807) is 18.2 Å². The average molecular weight is 452 g/mol. The van der Waals surface area contributed by atoms with Crippen molar-refractivity contribution in [1.82, 2.24) is 0 Å². The molecule has 2 aliphatic carbocycles. The van der Waals surface area contributed by atoms with Crippen LogP contribution in [0.2, 0.25) is 0 Å². The molecule has 7 heteroatoms. The fraction of sp³-hybridized carbons (Fsp3) is 0.423. The van der Waals surface area contributed by atoms with E-state index in [4.69, 9.17) is 9.84 Å². The number of ether oxygens (including phenoxy) is 1. The lowest BCUT2D eigenvalue weighted by atomic mass is 9.96. The minimum Gasteiger partial charge on any atom is -0.507 e. The molecule has 4 rings (SSSR count). The van der Waals surface area contributed by atoms with E-state index in [0.717, 1.165) is 61.6 Å². The number of rotatable bonds is 8. The topological polar surface area (TPSA) is 113 Å². The number of phenols is 1. The normalized spacial score (nSPS) is 15.3. The van der Waals surface area contributed by atoms with E-state index >= 15 is 0 Å². The number of Topliss-reactive ketones (excluding diaryl/α,β-unsaturated/α-hetero) is 1. The minimum absolute atomic E-state index is 0.0382. The van der Waals surface area contributed by atoms with E-state index < -0.39 is 18.3 Å². The smallest absolute Gasteiger partial charge is 0.312 e. The Bertz CT molecular complexity index is 1100. The van der Waals surface area contributed by atoms with Gasteiger partial charge in [0.25, 0.3) is 0 Å². The van der Waals surface area contributed by atoms with Crippen molar-refractivity contribution in [3.8, 4) is 17.2 Å². The number of fused-ring (bicyclic) bond motifs is 1. The fourth-order valence-corrected chi connectivity index (χ4v) is 4.99. The Hall–Kier alpha value is -3.35. The molecule has 7 nitrogen and oxygen atoms in total. The van der Waals surface area contributed by atoms with Gasteiger partial charge in [-0.25, -0.2) is 0 Å². The van der Waals surface area contributed by atoms with Gasteiger partial charge in [-0.1, -0.05) is 25.7 Å². The number of benzene rings is 2. The molecule has 174 valence electrons. The Morgan fingerprint density at radius 2 is 1.79 bits per heavy atom. The molecule has 0 aromatic heterocycles. The molecule has 1 amide bonds. The number of aryl methyl sites for hydroxylation is 1. The lowest BCUT2D eigenvalue weighted by Gasteiger charge is -2.18. The first-order valence-electron chi connectivity index (χ1n) is 11.5. The maximum Gasteiger partial charge on any atom is 0.312 e. The van der Waals surface area contributed by atoms with Crippen LogP contribution in [0, 0.1) is 12.8 Å². The maximum absolute atomic E-state index is 12.8. The Kier molecular flexibility index (Phi) is 6.67. The summed E-state index contributed by atoms with van der Waals surface area (Å²) in [7, 11) is 0. The van der Waals surface area contributed by atoms with Crippen LogP contribution in [0.3, 0.4) is 0 Å². The first-order valence-corrected chi connectivity index (χ1v) is 11.5. The second-order valence-electron chi connectivity index (χ2n) is 9.06. The van der Waals surface area contributed by atoms with Gasteiger partial charge in [0.2, 0.25) is 5.91 Å². The van der Waals surface area contributed by atoms with Crippen LogP contribution in [0.15, 0.2) is 24.3 Å². The largest absolute Gasteiger partial charge is 0.507 e. The summed E-state index contributed by atoms with van der Waals surface area (Å²) in [6.07, 6.45) is 6.72. The zero-order chi connectivity index (χ0) is 23.5. The SMILES string of the molecule is Cc1cc(NC(=O)CC(=O)O)c2c(c1Oc1ccc(O)c(C(=O)CC3CCCC3)c1)CCC2. The average Bonchev–Trinajstić information content (AvgIpc) is 3.43. The molecule has 3 N–H and O–H groups in total. The monoisotopic (exact) mass is 451 g/mol. The van der Waals surface area contributed by atoms with Gasteiger partial charge in [-0.2, -0.15) is 0 Å². The summed E-state index contributed by atoms with van der Waals surface area (Å²) in [5.41, 5.74) is 3.63. The Morgan fingerprint density at radius 1 is 1.06 bits per heavy atom. The molecular weight excluding hydrogens is 422 g/mol. The van der Waals surface area contributed by atoms with Crippen LogP contribution >= 0.6 is 0 Å². The summed E-state index contributed by atoms with van der Waals surface area (Å²) in [6, 6.07) is 6.54. The van der Waals surface area contributed by atoms with Crippen LogP contribution < -0.4 is 10.1 Å². The van der Waals surface area contributed by atoms with Crippen molar-refractivity contribution in [1.29, 1.82) is 0 Å². The van der Waals surface area contributed by atoms with Crippen molar-refractivity contribution < 1.29 is 29.3 Å². The second-order valence-corrected chi connectivity index (χ2v) is 9.06. The van der Waals surface area contributed by atoms with Crippen molar-refractivity contribution in [3.05, 3.63) is 46.5 Å². The zero-order valence-electron chi connectivity index (χ0n) is 18.8. The Labute approximate surface area is 192 Å². The van der Waals surface area contributed by atoms with Gasteiger partial charge in [0, 0.05) is 17.7 Å². The number of carboxylic acid groups (broad SMARTS) is 1. The predicted octanol–water partition coefficient (Wildman–Crippen LogP) is 5.16. The van der Waals surface area contributed by atoms with Crippen LogP contribution in [0.4, 0.5) is 5.69 Å². The summed E-state index contributed by atoms with van der Waals surface area (Å²) in [5.74, 6) is -0.302. The molecule has 0 heterocycles. The highest BCUT2D eigenvalue weighted by molar-refractivity contribution is 6.02. The molecule has 2 aromatic rings. The molecule has 0 bridgehead atoms. The predicted molar refractivity (Wildman–Crippen MR) is 123 cm³/mol. The number of carboxylic acids is 1. The number of amides is 1. The molecular formula is C26H29NO6. The summed E-state index contributed by atoms with van der Waals surface area (Å²) < 4.78 is 6.22. The lowest BCUT2D eigenvalue weighted by molar-refractivity contribution is -0.139. The maximum atomic E-state index is 12.8. The van der Waals surface area contributed by atoms with Gasteiger partial charge >= 0.3 is 5.97 Å². The van der Waals surface area contributed by atoms with Crippen LogP contribution in [-0.4, -0.2) is 27.9 Å². The van der Waals surface area contributed by atoms with Crippen LogP contribution in [0.25, 0.3) is 0 Å². The number of aliphatic carboxylic acids is 1. The second kappa shape index (κ2) is 9.65. The third kappa shape index (κ3) is 5.18. The Morgan fingerprint density at radius 3 is 2.52 bits per heavy atom. The van der Waals surface area contributed by atoms with Gasteiger partial charge in [0.15, 0.2) is 5.78 Å². The highest BCUT2D eigenvalue weighted by Gasteiger charge is 2.25. The fourth-order valence-electron chi connectivity index (χ4n) is 4.99. The summed E-state index contributed by atoms with van der Waals surface area (Å²) in [5, 5.41) is 21.9. The number of carbonyl (C=O) groups excluding carboxylic acids is 2. The number of phenolic OH excluding ortho intramolecular Hbond substituents is 1. The van der Waals surface area contributed by atoms with Gasteiger partial charge in [-0.05, 0) is 67.5 Å². The number of aromatic hydroxyl groups is 1. The molecule has 1 saturated carbocycles. The lowest BCUT2D eigenvalue weighted by Crippen LogP contribution is -2.17. The number of nitrogens with one attached hydrogen (secondary N) is 1. The molecule has 0 unspecified atom stereocenters. The molecule has 33 heavy (non-hydrogen) atoms. The summed E-state index contributed by atoms with van der Waals surface area (Å²) >= 11 is 0. The van der Waals surface area contributed by atoms with Gasteiger partial charge in [-0.3, -0.25) is 14.4 Å². The van der Waals surface area contributed by atoms with Crippen molar-refractivity contribution >= 4 is 23.3 Å². The Balaban J connectivity index is 1.58. The van der Waals surface area contributed by atoms with Crippen molar-refractivity contribution in [2.75, 3.05) is 5.32 Å². The highest BCUT2D eigenvalue weighted by Crippen LogP contribution is 2.41. The van der Waals surface area contributed by atoms with Crippen LogP contribution in [0.5, 0.6) is 17.2 Å². The third-order valence-corrected chi connectivity index (χ3v) is 6.56. The first-order chi connectivity index (χ1) is 15.8. The van der Waals surface area contributed by atoms with Crippen molar-refractivity contribution in [2.45, 2.75) is 64.7 Å². The number of ketones is 1. The van der Waals surface area contributed by atoms with E-state index in [1.807, 2.05) is 6.92 Å². The molecule has 0 atom stereocenters. The molecule has 2 aromatic carbocycles. The van der Waals surface area contributed by atoms with Gasteiger partial charge in [0.05, 0.1) is 5.56 Å². The number of anilines is 1. The van der Waals surface area contributed by atoms with Crippen LogP contribution in [0.1, 0.15) is 72.0 Å². The van der Waals surface area contributed by atoms with E-state index in [2.05, 4.69) is 5.32 Å². The zero-order valence-corrected chi connectivity index (χ0v) is 18.8. The van der Waals surface area contributed by atoms with Gasteiger partial charge < -0.3 is 20.3 Å². The molecule has 0 radical (unpaired) electrons.